The summed E-state index contributed by atoms with van der Waals surface area (Å²) in [5.41, 5.74) is 0.801. The summed E-state index contributed by atoms with van der Waals surface area (Å²) in [6, 6.07) is 7.61. The van der Waals surface area contributed by atoms with Crippen LogP contribution in [0.1, 0.15) is 0 Å². The zero-order valence-electron chi connectivity index (χ0n) is 10.6. The molecule has 102 valence electrons. The van der Waals surface area contributed by atoms with Gasteiger partial charge in [-0.2, -0.15) is 0 Å². The van der Waals surface area contributed by atoms with E-state index in [0.29, 0.717) is 13.1 Å². The number of hydrogen-bond acceptors (Lipinski definition) is 4. The second-order valence-corrected chi connectivity index (χ2v) is 5.33. The number of benzene rings is 1. The van der Waals surface area contributed by atoms with E-state index in [1.54, 1.807) is 11.8 Å². The highest BCUT2D eigenvalue weighted by Gasteiger charge is 2.33. The van der Waals surface area contributed by atoms with Crippen LogP contribution in [0.4, 0.5) is 5.69 Å². The molecule has 1 aliphatic heterocycles. The second kappa shape index (κ2) is 6.08. The number of carboxylic acid groups (broad SMARTS) is 1. The molecule has 1 aliphatic rings. The number of hydrogen-bond donors (Lipinski definition) is 2. The molecule has 19 heavy (non-hydrogen) atoms. The number of aliphatic carboxylic acids is 1. The number of carbonyl (C=O) groups is 2. The number of thioether (sulfide) groups is 1. The number of anilines is 1. The molecule has 0 atom stereocenters. The summed E-state index contributed by atoms with van der Waals surface area (Å²) < 4.78 is 0. The summed E-state index contributed by atoms with van der Waals surface area (Å²) in [6.07, 6.45) is 1.96. The van der Waals surface area contributed by atoms with Crippen LogP contribution in [-0.4, -0.2) is 47.8 Å². The predicted molar refractivity (Wildman–Crippen MR) is 74.4 cm³/mol. The second-order valence-electron chi connectivity index (χ2n) is 4.48. The van der Waals surface area contributed by atoms with E-state index in [9.17, 15) is 9.59 Å². The Bertz CT molecular complexity index is 487. The van der Waals surface area contributed by atoms with Crippen molar-refractivity contribution in [1.82, 2.24) is 4.90 Å². The van der Waals surface area contributed by atoms with E-state index >= 15 is 0 Å². The zero-order valence-corrected chi connectivity index (χ0v) is 11.4. The van der Waals surface area contributed by atoms with Gasteiger partial charge < -0.3 is 10.4 Å². The van der Waals surface area contributed by atoms with Crippen LogP contribution in [0.3, 0.4) is 0 Å². The number of amides is 1. The molecular weight excluding hydrogens is 264 g/mol. The minimum Gasteiger partial charge on any atom is -0.481 e. The molecule has 0 radical (unpaired) electrons. The molecule has 1 amide bonds. The maximum Gasteiger partial charge on any atom is 0.309 e. The topological polar surface area (TPSA) is 69.6 Å². The molecule has 1 saturated heterocycles. The van der Waals surface area contributed by atoms with Gasteiger partial charge >= 0.3 is 5.97 Å². The third-order valence-corrected chi connectivity index (χ3v) is 3.85. The van der Waals surface area contributed by atoms with E-state index in [1.807, 2.05) is 35.4 Å². The molecule has 0 unspecified atom stereocenters. The van der Waals surface area contributed by atoms with E-state index in [1.165, 1.54) is 0 Å². The molecule has 2 N–H and O–H groups in total. The van der Waals surface area contributed by atoms with E-state index in [2.05, 4.69) is 5.32 Å². The first kappa shape index (κ1) is 13.9. The average molecular weight is 280 g/mol. The number of carbonyl (C=O) groups excluding carboxylic acids is 1. The van der Waals surface area contributed by atoms with Crippen molar-refractivity contribution in [2.24, 2.45) is 5.92 Å². The Morgan fingerprint density at radius 3 is 2.74 bits per heavy atom. The van der Waals surface area contributed by atoms with Gasteiger partial charge in [-0.05, 0) is 18.4 Å². The van der Waals surface area contributed by atoms with E-state index in [4.69, 9.17) is 5.11 Å². The lowest BCUT2D eigenvalue weighted by Crippen LogP contribution is -2.52. The van der Waals surface area contributed by atoms with E-state index < -0.39 is 5.97 Å². The molecule has 2 rings (SSSR count). The molecule has 1 heterocycles. The number of rotatable bonds is 5. The molecule has 1 fully saturated rings. The molecule has 5 nitrogen and oxygen atoms in total. The Kier molecular flexibility index (Phi) is 4.44. The summed E-state index contributed by atoms with van der Waals surface area (Å²) in [6.45, 7) is 1.15. The number of likely N-dealkylation sites (tertiary alicyclic amines) is 1. The highest BCUT2D eigenvalue weighted by Crippen LogP contribution is 2.24. The molecule has 1 aromatic carbocycles. The van der Waals surface area contributed by atoms with Crippen molar-refractivity contribution in [3.8, 4) is 0 Å². The first-order valence-corrected chi connectivity index (χ1v) is 7.20. The summed E-state index contributed by atoms with van der Waals surface area (Å²) in [7, 11) is 0. The van der Waals surface area contributed by atoms with Crippen LogP contribution in [-0.2, 0) is 9.59 Å². The number of nitrogens with one attached hydrogen (secondary N) is 1. The lowest BCUT2D eigenvalue weighted by Gasteiger charge is -2.35. The van der Waals surface area contributed by atoms with E-state index in [-0.39, 0.29) is 18.4 Å². The van der Waals surface area contributed by atoms with Gasteiger partial charge in [-0.1, -0.05) is 12.1 Å². The van der Waals surface area contributed by atoms with Gasteiger partial charge in [0.1, 0.15) is 0 Å². The lowest BCUT2D eigenvalue weighted by molar-refractivity contribution is -0.148. The van der Waals surface area contributed by atoms with Gasteiger partial charge in [-0.3, -0.25) is 14.5 Å². The fraction of sp³-hybridized carbons (Fsp3) is 0.385. The Morgan fingerprint density at radius 2 is 2.11 bits per heavy atom. The molecule has 0 aliphatic carbocycles. The van der Waals surface area contributed by atoms with Gasteiger partial charge in [-0.25, -0.2) is 0 Å². The first-order chi connectivity index (χ1) is 9.10. The number of carboxylic acids is 1. The van der Waals surface area contributed by atoms with Crippen LogP contribution in [0.25, 0.3) is 0 Å². The molecule has 0 saturated carbocycles. The number of nitrogens with zero attached hydrogens (tertiary/aromatic N) is 1. The summed E-state index contributed by atoms with van der Waals surface area (Å²) >= 11 is 1.57. The van der Waals surface area contributed by atoms with Crippen molar-refractivity contribution in [1.29, 1.82) is 0 Å². The highest BCUT2D eigenvalue weighted by atomic mass is 32.2. The third-order valence-electron chi connectivity index (χ3n) is 3.05. The fourth-order valence-electron chi connectivity index (χ4n) is 2.00. The molecule has 0 spiro atoms. The smallest absolute Gasteiger partial charge is 0.309 e. The van der Waals surface area contributed by atoms with Crippen LogP contribution in [0.2, 0.25) is 0 Å². The normalized spacial score (nSPS) is 15.8. The Hall–Kier alpha value is -1.53. The first-order valence-electron chi connectivity index (χ1n) is 5.98. The minimum atomic E-state index is -0.788. The van der Waals surface area contributed by atoms with Crippen molar-refractivity contribution >= 4 is 29.3 Å². The van der Waals surface area contributed by atoms with Crippen molar-refractivity contribution in [2.45, 2.75) is 4.90 Å². The van der Waals surface area contributed by atoms with Crippen molar-refractivity contribution in [2.75, 3.05) is 31.2 Å². The van der Waals surface area contributed by atoms with Gasteiger partial charge in [0.2, 0.25) is 5.91 Å². The van der Waals surface area contributed by atoms with Gasteiger partial charge in [0.15, 0.2) is 0 Å². The minimum absolute atomic E-state index is 0.106. The largest absolute Gasteiger partial charge is 0.481 e. The standard InChI is InChI=1S/C13H16N2O3S/c1-19-11-5-3-2-4-10(11)14-12(16)8-15-6-9(7-15)13(17)18/h2-5,9H,6-8H2,1H3,(H,14,16)(H,17,18). The maximum absolute atomic E-state index is 11.9. The molecular formula is C13H16N2O3S. The molecule has 1 aromatic rings. The van der Waals surface area contributed by atoms with Crippen LogP contribution < -0.4 is 5.32 Å². The van der Waals surface area contributed by atoms with Gasteiger partial charge in [0.25, 0.3) is 0 Å². The molecule has 0 aromatic heterocycles. The predicted octanol–water partition coefficient (Wildman–Crippen LogP) is 1.36. The Labute approximate surface area is 116 Å². The van der Waals surface area contributed by atoms with E-state index in [0.717, 1.165) is 10.6 Å². The quantitative estimate of drug-likeness (QED) is 0.797. The van der Waals surface area contributed by atoms with Crippen molar-refractivity contribution < 1.29 is 14.7 Å². The van der Waals surface area contributed by atoms with Crippen LogP contribution >= 0.6 is 11.8 Å². The molecule has 6 heteroatoms. The average Bonchev–Trinajstić information content (AvgIpc) is 2.33. The van der Waals surface area contributed by atoms with Crippen LogP contribution in [0.5, 0.6) is 0 Å². The summed E-state index contributed by atoms with van der Waals surface area (Å²) in [4.78, 5) is 25.4. The van der Waals surface area contributed by atoms with Gasteiger partial charge in [0, 0.05) is 18.0 Å². The van der Waals surface area contributed by atoms with Gasteiger partial charge in [0.05, 0.1) is 18.2 Å². The van der Waals surface area contributed by atoms with Crippen LogP contribution in [0.15, 0.2) is 29.2 Å². The van der Waals surface area contributed by atoms with Crippen molar-refractivity contribution in [3.05, 3.63) is 24.3 Å². The van der Waals surface area contributed by atoms with Gasteiger partial charge in [-0.15, -0.1) is 11.8 Å². The highest BCUT2D eigenvalue weighted by molar-refractivity contribution is 7.98. The lowest BCUT2D eigenvalue weighted by atomic mass is 10.0. The summed E-state index contributed by atoms with van der Waals surface area (Å²) in [5, 5.41) is 11.6. The van der Waals surface area contributed by atoms with Crippen molar-refractivity contribution in [3.63, 3.8) is 0 Å². The zero-order chi connectivity index (χ0) is 13.8. The van der Waals surface area contributed by atoms with Crippen LogP contribution in [0, 0.1) is 5.92 Å². The summed E-state index contributed by atoms with van der Waals surface area (Å²) in [5.74, 6) is -1.22. The monoisotopic (exact) mass is 280 g/mol. The third kappa shape index (κ3) is 3.48. The Balaban J connectivity index is 1.84. The fourth-order valence-corrected chi connectivity index (χ4v) is 2.55. The maximum atomic E-state index is 11.9. The molecule has 0 bridgehead atoms. The SMILES string of the molecule is CSc1ccccc1NC(=O)CN1CC(C(=O)O)C1. The number of para-hydroxylation sites is 1. The Morgan fingerprint density at radius 1 is 1.42 bits per heavy atom.